The van der Waals surface area contributed by atoms with Gasteiger partial charge in [-0.3, -0.25) is 4.79 Å². The van der Waals surface area contributed by atoms with Gasteiger partial charge in [0.05, 0.1) is 18.6 Å². The molecule has 2 heterocycles. The number of carbonyl (C=O) groups is 1. The third-order valence-corrected chi connectivity index (χ3v) is 5.12. The molecular formula is C18H23N7O2S. The summed E-state index contributed by atoms with van der Waals surface area (Å²) in [5.41, 5.74) is 2.71. The van der Waals surface area contributed by atoms with E-state index in [-0.39, 0.29) is 11.7 Å². The van der Waals surface area contributed by atoms with Crippen molar-refractivity contribution in [2.45, 2.75) is 25.5 Å². The van der Waals surface area contributed by atoms with Crippen LogP contribution in [0.3, 0.4) is 0 Å². The minimum atomic E-state index is -0.0495. The van der Waals surface area contributed by atoms with E-state index in [1.807, 2.05) is 44.2 Å². The first-order chi connectivity index (χ1) is 13.4. The molecule has 10 heteroatoms. The minimum absolute atomic E-state index is 0.0495. The molecule has 0 unspecified atom stereocenters. The summed E-state index contributed by atoms with van der Waals surface area (Å²) in [6, 6.07) is 9.56. The van der Waals surface area contributed by atoms with Gasteiger partial charge in [0.15, 0.2) is 0 Å². The van der Waals surface area contributed by atoms with Gasteiger partial charge in [0.1, 0.15) is 5.75 Å². The summed E-state index contributed by atoms with van der Waals surface area (Å²) in [5.74, 6) is 7.41. The average Bonchev–Trinajstić information content (AvgIpc) is 3.20. The van der Waals surface area contributed by atoms with Crippen molar-refractivity contribution in [3.63, 3.8) is 0 Å². The van der Waals surface area contributed by atoms with Crippen molar-refractivity contribution in [2.75, 3.05) is 25.8 Å². The Bertz CT molecular complexity index is 982. The molecule has 148 valence electrons. The first-order valence-electron chi connectivity index (χ1n) is 8.63. The number of aryl methyl sites for hydroxylation is 2. The van der Waals surface area contributed by atoms with E-state index >= 15 is 0 Å². The number of ether oxygens (including phenoxy) is 1. The van der Waals surface area contributed by atoms with Crippen LogP contribution in [0, 0.1) is 13.8 Å². The number of nitrogens with two attached hydrogens (primary N) is 1. The topological polar surface area (TPSA) is 104 Å². The fraction of sp³-hybridized carbons (Fsp3) is 0.333. The van der Waals surface area contributed by atoms with Gasteiger partial charge in [-0.25, -0.2) is 9.36 Å². The van der Waals surface area contributed by atoms with E-state index in [0.29, 0.717) is 17.6 Å². The highest BCUT2D eigenvalue weighted by Gasteiger charge is 2.18. The lowest BCUT2D eigenvalue weighted by atomic mass is 10.2. The molecule has 0 spiro atoms. The predicted octanol–water partition coefficient (Wildman–Crippen LogP) is 1.55. The lowest BCUT2D eigenvalue weighted by Crippen LogP contribution is -2.28. The van der Waals surface area contributed by atoms with Crippen LogP contribution < -0.4 is 10.6 Å². The number of methoxy groups -OCH3 is 1. The molecule has 2 aromatic heterocycles. The Morgan fingerprint density at radius 3 is 2.71 bits per heavy atom. The summed E-state index contributed by atoms with van der Waals surface area (Å²) < 4.78 is 8.31. The Morgan fingerprint density at radius 1 is 1.29 bits per heavy atom. The smallest absolute Gasteiger partial charge is 0.271 e. The highest BCUT2D eigenvalue weighted by atomic mass is 32.2. The van der Waals surface area contributed by atoms with E-state index in [2.05, 4.69) is 15.3 Å². The molecular weight excluding hydrogens is 378 g/mol. The summed E-state index contributed by atoms with van der Waals surface area (Å²) in [4.78, 5) is 14.2. The van der Waals surface area contributed by atoms with Gasteiger partial charge in [0.2, 0.25) is 11.1 Å². The maximum absolute atomic E-state index is 12.5. The molecule has 0 radical (unpaired) electrons. The number of carbonyl (C=O) groups excluding carboxylic acids is 1. The van der Waals surface area contributed by atoms with Crippen LogP contribution in [0.1, 0.15) is 17.0 Å². The third kappa shape index (κ3) is 4.11. The van der Waals surface area contributed by atoms with Crippen molar-refractivity contribution < 1.29 is 9.53 Å². The largest absolute Gasteiger partial charge is 0.496 e. The Morgan fingerprint density at radius 2 is 2.04 bits per heavy atom. The number of amides is 1. The molecule has 2 N–H and O–H groups in total. The lowest BCUT2D eigenvalue weighted by Gasteiger charge is -2.18. The van der Waals surface area contributed by atoms with Crippen LogP contribution in [0.4, 0.5) is 0 Å². The van der Waals surface area contributed by atoms with Gasteiger partial charge < -0.3 is 15.5 Å². The molecule has 3 rings (SSSR count). The Labute approximate surface area is 167 Å². The summed E-state index contributed by atoms with van der Waals surface area (Å²) in [7, 11) is 3.37. The van der Waals surface area contributed by atoms with Crippen molar-refractivity contribution in [1.29, 1.82) is 0 Å². The maximum Gasteiger partial charge on any atom is 0.271 e. The number of rotatable bonds is 7. The minimum Gasteiger partial charge on any atom is -0.496 e. The van der Waals surface area contributed by atoms with Crippen molar-refractivity contribution >= 4 is 17.7 Å². The van der Waals surface area contributed by atoms with Crippen LogP contribution in [0.2, 0.25) is 0 Å². The number of thioether (sulfide) groups is 1. The number of hydrogen-bond donors (Lipinski definition) is 1. The number of nitrogen functional groups attached to an aromatic ring is 1. The maximum atomic E-state index is 12.5. The molecule has 1 amide bonds. The molecule has 0 fully saturated rings. The lowest BCUT2D eigenvalue weighted by molar-refractivity contribution is -0.127. The first-order valence-corrected chi connectivity index (χ1v) is 9.62. The monoisotopic (exact) mass is 401 g/mol. The van der Waals surface area contributed by atoms with Gasteiger partial charge in [-0.2, -0.15) is 5.10 Å². The molecule has 1 aromatic carbocycles. The van der Waals surface area contributed by atoms with Crippen molar-refractivity contribution in [2.24, 2.45) is 0 Å². The number of para-hydroxylation sites is 1. The highest BCUT2D eigenvalue weighted by Crippen LogP contribution is 2.21. The van der Waals surface area contributed by atoms with Gasteiger partial charge in [-0.1, -0.05) is 30.0 Å². The third-order valence-electron chi connectivity index (χ3n) is 4.20. The standard InChI is InChI=1S/C18H23N7O2S/c1-12-9-13(2)25(22-12)17-20-21-18(24(17)19)28-11-16(26)23(3)10-14-7-5-6-8-15(14)27-4/h5-9H,10-11,19H2,1-4H3. The second-order valence-corrected chi connectivity index (χ2v) is 7.28. The van der Waals surface area contributed by atoms with E-state index in [4.69, 9.17) is 10.6 Å². The Balaban J connectivity index is 1.64. The zero-order valence-electron chi connectivity index (χ0n) is 16.3. The molecule has 0 atom stereocenters. The molecule has 0 bridgehead atoms. The van der Waals surface area contributed by atoms with Crippen LogP contribution >= 0.6 is 11.8 Å². The molecule has 0 aliphatic heterocycles. The fourth-order valence-corrected chi connectivity index (χ4v) is 3.55. The molecule has 3 aromatic rings. The summed E-state index contributed by atoms with van der Waals surface area (Å²) >= 11 is 1.23. The average molecular weight is 401 g/mol. The quantitative estimate of drug-likeness (QED) is 0.473. The van der Waals surface area contributed by atoms with Crippen LogP contribution in [-0.4, -0.2) is 55.4 Å². The van der Waals surface area contributed by atoms with Crippen molar-refractivity contribution in [1.82, 2.24) is 29.6 Å². The van der Waals surface area contributed by atoms with Gasteiger partial charge in [-0.05, 0) is 26.0 Å². The van der Waals surface area contributed by atoms with Crippen molar-refractivity contribution in [3.8, 4) is 11.7 Å². The molecule has 0 saturated heterocycles. The van der Waals surface area contributed by atoms with Gasteiger partial charge in [0.25, 0.3) is 5.95 Å². The number of aromatic nitrogens is 5. The zero-order valence-corrected chi connectivity index (χ0v) is 17.1. The zero-order chi connectivity index (χ0) is 20.3. The summed E-state index contributed by atoms with van der Waals surface area (Å²) in [6.45, 7) is 4.26. The van der Waals surface area contributed by atoms with E-state index in [0.717, 1.165) is 22.7 Å². The highest BCUT2D eigenvalue weighted by molar-refractivity contribution is 7.99. The predicted molar refractivity (Wildman–Crippen MR) is 107 cm³/mol. The van der Waals surface area contributed by atoms with Crippen LogP contribution in [0.5, 0.6) is 5.75 Å². The van der Waals surface area contributed by atoms with E-state index in [1.54, 1.807) is 23.7 Å². The fourth-order valence-electron chi connectivity index (χ4n) is 2.76. The molecule has 0 aliphatic carbocycles. The Kier molecular flexibility index (Phi) is 5.88. The first kappa shape index (κ1) is 19.7. The molecule has 0 saturated carbocycles. The summed E-state index contributed by atoms with van der Waals surface area (Å²) in [5, 5.41) is 13.0. The van der Waals surface area contributed by atoms with E-state index in [1.165, 1.54) is 16.4 Å². The summed E-state index contributed by atoms with van der Waals surface area (Å²) in [6.07, 6.45) is 0. The number of benzene rings is 1. The van der Waals surface area contributed by atoms with E-state index < -0.39 is 0 Å². The molecule has 0 aliphatic rings. The van der Waals surface area contributed by atoms with E-state index in [9.17, 15) is 4.79 Å². The second-order valence-electron chi connectivity index (χ2n) is 6.34. The van der Waals surface area contributed by atoms with Crippen LogP contribution in [-0.2, 0) is 11.3 Å². The van der Waals surface area contributed by atoms with Gasteiger partial charge >= 0.3 is 0 Å². The van der Waals surface area contributed by atoms with Crippen molar-refractivity contribution in [3.05, 3.63) is 47.3 Å². The normalized spacial score (nSPS) is 10.9. The second kappa shape index (κ2) is 8.34. The SMILES string of the molecule is COc1ccccc1CN(C)C(=O)CSc1nnc(-n2nc(C)cc2C)n1N. The molecule has 28 heavy (non-hydrogen) atoms. The Hall–Kier alpha value is -3.01. The number of hydrogen-bond acceptors (Lipinski definition) is 7. The molecule has 9 nitrogen and oxygen atoms in total. The van der Waals surface area contributed by atoms with Crippen LogP contribution in [0.15, 0.2) is 35.5 Å². The number of nitrogens with zero attached hydrogens (tertiary/aromatic N) is 6. The van der Waals surface area contributed by atoms with Gasteiger partial charge in [0, 0.05) is 24.8 Å². The van der Waals surface area contributed by atoms with Crippen LogP contribution in [0.25, 0.3) is 5.95 Å². The van der Waals surface area contributed by atoms with Gasteiger partial charge in [-0.15, -0.1) is 10.2 Å².